The molecule has 1 saturated heterocycles. The Morgan fingerprint density at radius 2 is 2.19 bits per heavy atom. The fourth-order valence-electron chi connectivity index (χ4n) is 1.80. The van der Waals surface area contributed by atoms with Gasteiger partial charge in [-0.3, -0.25) is 0 Å². The molecule has 2 rings (SSSR count). The SMILES string of the molecule is CC[C@H](O)c1ccc(OC2CCOC2)cc1. The lowest BCUT2D eigenvalue weighted by Crippen LogP contribution is -2.15. The quantitative estimate of drug-likeness (QED) is 0.849. The maximum Gasteiger partial charge on any atom is 0.124 e. The number of rotatable bonds is 4. The van der Waals surface area contributed by atoms with Crippen molar-refractivity contribution in [2.24, 2.45) is 0 Å². The Bertz CT molecular complexity index is 314. The highest BCUT2D eigenvalue weighted by Gasteiger charge is 2.17. The number of hydrogen-bond acceptors (Lipinski definition) is 3. The summed E-state index contributed by atoms with van der Waals surface area (Å²) < 4.78 is 11.0. The summed E-state index contributed by atoms with van der Waals surface area (Å²) in [5.74, 6) is 0.850. The molecule has 3 heteroatoms. The maximum atomic E-state index is 9.64. The monoisotopic (exact) mass is 222 g/mol. The van der Waals surface area contributed by atoms with Crippen LogP contribution in [0.3, 0.4) is 0 Å². The van der Waals surface area contributed by atoms with Crippen LogP contribution in [0.25, 0.3) is 0 Å². The summed E-state index contributed by atoms with van der Waals surface area (Å²) in [4.78, 5) is 0. The van der Waals surface area contributed by atoms with Gasteiger partial charge in [-0.25, -0.2) is 0 Å². The average molecular weight is 222 g/mol. The van der Waals surface area contributed by atoms with Crippen molar-refractivity contribution in [1.29, 1.82) is 0 Å². The summed E-state index contributed by atoms with van der Waals surface area (Å²) in [5.41, 5.74) is 0.942. The van der Waals surface area contributed by atoms with E-state index in [0.717, 1.165) is 30.8 Å². The van der Waals surface area contributed by atoms with Crippen LogP contribution in [0.2, 0.25) is 0 Å². The molecule has 1 aliphatic rings. The van der Waals surface area contributed by atoms with Gasteiger partial charge in [0.15, 0.2) is 0 Å². The van der Waals surface area contributed by atoms with E-state index in [9.17, 15) is 5.11 Å². The Hall–Kier alpha value is -1.06. The molecule has 0 spiro atoms. The largest absolute Gasteiger partial charge is 0.488 e. The van der Waals surface area contributed by atoms with E-state index in [1.807, 2.05) is 31.2 Å². The molecule has 0 radical (unpaired) electrons. The minimum atomic E-state index is -0.371. The predicted molar refractivity (Wildman–Crippen MR) is 61.5 cm³/mol. The minimum absolute atomic E-state index is 0.182. The predicted octanol–water partition coefficient (Wildman–Crippen LogP) is 2.30. The van der Waals surface area contributed by atoms with Gasteiger partial charge in [0.2, 0.25) is 0 Å². The molecule has 1 aromatic carbocycles. The molecule has 0 amide bonds. The zero-order valence-electron chi connectivity index (χ0n) is 9.56. The van der Waals surface area contributed by atoms with Crippen LogP contribution < -0.4 is 4.74 Å². The molecule has 0 aromatic heterocycles. The van der Waals surface area contributed by atoms with Crippen LogP contribution in [-0.2, 0) is 4.74 Å². The van der Waals surface area contributed by atoms with Gasteiger partial charge in [0.1, 0.15) is 11.9 Å². The van der Waals surface area contributed by atoms with Gasteiger partial charge in [0.25, 0.3) is 0 Å². The highest BCUT2D eigenvalue weighted by atomic mass is 16.5. The van der Waals surface area contributed by atoms with E-state index in [2.05, 4.69) is 0 Å². The number of ether oxygens (including phenoxy) is 2. The van der Waals surface area contributed by atoms with E-state index >= 15 is 0 Å². The molecule has 1 aromatic rings. The molecule has 0 aliphatic carbocycles. The van der Waals surface area contributed by atoms with Crippen LogP contribution in [0.1, 0.15) is 31.4 Å². The van der Waals surface area contributed by atoms with Gasteiger partial charge in [0.05, 0.1) is 19.3 Å². The molecule has 1 N–H and O–H groups in total. The summed E-state index contributed by atoms with van der Waals surface area (Å²) in [5, 5.41) is 9.64. The number of benzene rings is 1. The van der Waals surface area contributed by atoms with Crippen LogP contribution >= 0.6 is 0 Å². The minimum Gasteiger partial charge on any atom is -0.488 e. The topological polar surface area (TPSA) is 38.7 Å². The van der Waals surface area contributed by atoms with Gasteiger partial charge in [-0.15, -0.1) is 0 Å². The van der Waals surface area contributed by atoms with E-state index in [4.69, 9.17) is 9.47 Å². The van der Waals surface area contributed by atoms with Gasteiger partial charge < -0.3 is 14.6 Å². The van der Waals surface area contributed by atoms with Crippen LogP contribution in [0, 0.1) is 0 Å². The molecular weight excluding hydrogens is 204 g/mol. The zero-order chi connectivity index (χ0) is 11.4. The van der Waals surface area contributed by atoms with Crippen molar-refractivity contribution in [2.75, 3.05) is 13.2 Å². The fraction of sp³-hybridized carbons (Fsp3) is 0.538. The van der Waals surface area contributed by atoms with Crippen molar-refractivity contribution in [2.45, 2.75) is 32.0 Å². The van der Waals surface area contributed by atoms with Crippen LogP contribution in [0.15, 0.2) is 24.3 Å². The molecule has 16 heavy (non-hydrogen) atoms. The molecule has 0 bridgehead atoms. The summed E-state index contributed by atoms with van der Waals surface area (Å²) >= 11 is 0. The standard InChI is InChI=1S/C13H18O3/c1-2-13(14)10-3-5-11(6-4-10)16-12-7-8-15-9-12/h3-6,12-14H,2,7-9H2,1H3/t12?,13-/m0/s1. The van der Waals surface area contributed by atoms with E-state index in [0.29, 0.717) is 6.61 Å². The van der Waals surface area contributed by atoms with Gasteiger partial charge >= 0.3 is 0 Å². The van der Waals surface area contributed by atoms with Crippen molar-refractivity contribution < 1.29 is 14.6 Å². The Labute approximate surface area is 96.0 Å². The van der Waals surface area contributed by atoms with Gasteiger partial charge in [0, 0.05) is 6.42 Å². The first kappa shape index (κ1) is 11.4. The molecule has 2 atom stereocenters. The summed E-state index contributed by atoms with van der Waals surface area (Å²) in [7, 11) is 0. The van der Waals surface area contributed by atoms with E-state index < -0.39 is 0 Å². The van der Waals surface area contributed by atoms with Gasteiger partial charge in [-0.2, -0.15) is 0 Å². The first-order valence-electron chi connectivity index (χ1n) is 5.82. The van der Waals surface area contributed by atoms with Crippen LogP contribution in [0.5, 0.6) is 5.75 Å². The third-order valence-electron chi connectivity index (χ3n) is 2.84. The van der Waals surface area contributed by atoms with Crippen molar-refractivity contribution in [3.8, 4) is 5.75 Å². The fourth-order valence-corrected chi connectivity index (χ4v) is 1.80. The Balaban J connectivity index is 1.96. The smallest absolute Gasteiger partial charge is 0.124 e. The molecule has 1 fully saturated rings. The molecular formula is C13H18O3. The summed E-state index contributed by atoms with van der Waals surface area (Å²) in [6.07, 6.45) is 1.50. The lowest BCUT2D eigenvalue weighted by Gasteiger charge is -2.13. The average Bonchev–Trinajstić information content (AvgIpc) is 2.82. The second-order valence-corrected chi connectivity index (χ2v) is 4.10. The van der Waals surface area contributed by atoms with Crippen molar-refractivity contribution in [1.82, 2.24) is 0 Å². The first-order valence-corrected chi connectivity index (χ1v) is 5.82. The summed E-state index contributed by atoms with van der Waals surface area (Å²) in [6, 6.07) is 7.65. The second-order valence-electron chi connectivity index (χ2n) is 4.10. The first-order chi connectivity index (χ1) is 7.79. The maximum absolute atomic E-state index is 9.64. The third kappa shape index (κ3) is 2.74. The highest BCUT2D eigenvalue weighted by molar-refractivity contribution is 5.28. The molecule has 1 aliphatic heterocycles. The molecule has 0 saturated carbocycles. The lowest BCUT2D eigenvalue weighted by atomic mass is 10.1. The molecule has 3 nitrogen and oxygen atoms in total. The van der Waals surface area contributed by atoms with E-state index in [-0.39, 0.29) is 12.2 Å². The Kier molecular flexibility index (Phi) is 3.80. The van der Waals surface area contributed by atoms with Crippen molar-refractivity contribution in [3.63, 3.8) is 0 Å². The number of hydrogen-bond donors (Lipinski definition) is 1. The Morgan fingerprint density at radius 3 is 2.75 bits per heavy atom. The van der Waals surface area contributed by atoms with Gasteiger partial charge in [-0.05, 0) is 24.1 Å². The normalized spacial score (nSPS) is 22.0. The molecule has 1 heterocycles. The second kappa shape index (κ2) is 5.32. The van der Waals surface area contributed by atoms with Crippen molar-refractivity contribution >= 4 is 0 Å². The van der Waals surface area contributed by atoms with Crippen LogP contribution in [0.4, 0.5) is 0 Å². The van der Waals surface area contributed by atoms with E-state index in [1.165, 1.54) is 0 Å². The Morgan fingerprint density at radius 1 is 1.44 bits per heavy atom. The van der Waals surface area contributed by atoms with Gasteiger partial charge in [-0.1, -0.05) is 19.1 Å². The highest BCUT2D eigenvalue weighted by Crippen LogP contribution is 2.21. The zero-order valence-corrected chi connectivity index (χ0v) is 9.56. The molecule has 88 valence electrons. The lowest BCUT2D eigenvalue weighted by molar-refractivity contribution is 0.141. The summed E-state index contributed by atoms with van der Waals surface area (Å²) in [6.45, 7) is 3.43. The number of aliphatic hydroxyl groups is 1. The third-order valence-corrected chi connectivity index (χ3v) is 2.84. The van der Waals surface area contributed by atoms with Crippen molar-refractivity contribution in [3.05, 3.63) is 29.8 Å². The molecule has 1 unspecified atom stereocenters. The van der Waals surface area contributed by atoms with Crippen LogP contribution in [-0.4, -0.2) is 24.4 Å². The van der Waals surface area contributed by atoms with E-state index in [1.54, 1.807) is 0 Å². The number of aliphatic hydroxyl groups excluding tert-OH is 1.